The van der Waals surface area contributed by atoms with Crippen LogP contribution in [0.4, 0.5) is 0 Å². The average Bonchev–Trinajstić information content (AvgIpc) is 2.52. The normalized spacial score (nSPS) is 16.7. The Bertz CT molecular complexity index is 564. The van der Waals surface area contributed by atoms with Gasteiger partial charge in [-0.25, -0.2) is 8.42 Å². The SMILES string of the molecule is CNCCCC1=Cc2ccc(Cl)cc2S1(=O)=O. The summed E-state index contributed by atoms with van der Waals surface area (Å²) >= 11 is 5.83. The summed E-state index contributed by atoms with van der Waals surface area (Å²) in [6.45, 7) is 0.809. The standard InChI is InChI=1S/C12H14ClNO2S/c1-14-6-2-3-11-7-9-4-5-10(13)8-12(9)17(11,15)16/h4-5,7-8,14H,2-3,6H2,1H3. The summed E-state index contributed by atoms with van der Waals surface area (Å²) in [6.07, 6.45) is 3.12. The Morgan fingerprint density at radius 1 is 1.35 bits per heavy atom. The first-order valence-electron chi connectivity index (χ1n) is 5.45. The number of rotatable bonds is 4. The Labute approximate surface area is 106 Å². The van der Waals surface area contributed by atoms with E-state index in [1.807, 2.05) is 7.05 Å². The van der Waals surface area contributed by atoms with Crippen molar-refractivity contribution in [3.8, 4) is 0 Å². The van der Waals surface area contributed by atoms with Crippen LogP contribution in [0.25, 0.3) is 6.08 Å². The highest BCUT2D eigenvalue weighted by Gasteiger charge is 2.28. The van der Waals surface area contributed by atoms with Crippen LogP contribution in [0, 0.1) is 0 Å². The lowest BCUT2D eigenvalue weighted by molar-refractivity contribution is 0.600. The van der Waals surface area contributed by atoms with Gasteiger partial charge in [-0.15, -0.1) is 0 Å². The van der Waals surface area contributed by atoms with Gasteiger partial charge in [0, 0.05) is 9.93 Å². The third-order valence-electron chi connectivity index (χ3n) is 2.78. The average molecular weight is 272 g/mol. The van der Waals surface area contributed by atoms with Crippen molar-refractivity contribution in [3.63, 3.8) is 0 Å². The van der Waals surface area contributed by atoms with Crippen molar-refractivity contribution < 1.29 is 8.42 Å². The van der Waals surface area contributed by atoms with Crippen LogP contribution in [0.3, 0.4) is 0 Å². The molecule has 1 heterocycles. The van der Waals surface area contributed by atoms with Gasteiger partial charge in [-0.3, -0.25) is 0 Å². The van der Waals surface area contributed by atoms with Crippen LogP contribution in [0.2, 0.25) is 5.02 Å². The molecule has 5 heteroatoms. The maximum absolute atomic E-state index is 12.2. The molecule has 3 nitrogen and oxygen atoms in total. The van der Waals surface area contributed by atoms with Crippen molar-refractivity contribution in [2.75, 3.05) is 13.6 Å². The minimum atomic E-state index is -3.30. The minimum Gasteiger partial charge on any atom is -0.320 e. The quantitative estimate of drug-likeness (QED) is 0.856. The largest absolute Gasteiger partial charge is 0.320 e. The topological polar surface area (TPSA) is 46.2 Å². The van der Waals surface area contributed by atoms with E-state index in [9.17, 15) is 8.42 Å². The van der Waals surface area contributed by atoms with E-state index < -0.39 is 9.84 Å². The van der Waals surface area contributed by atoms with Crippen LogP contribution in [0.5, 0.6) is 0 Å². The first-order chi connectivity index (χ1) is 8.05. The van der Waals surface area contributed by atoms with Crippen LogP contribution in [0.1, 0.15) is 18.4 Å². The van der Waals surface area contributed by atoms with Crippen molar-refractivity contribution in [3.05, 3.63) is 33.7 Å². The molecular weight excluding hydrogens is 258 g/mol. The maximum Gasteiger partial charge on any atom is 0.203 e. The minimum absolute atomic E-state index is 0.337. The lowest BCUT2D eigenvalue weighted by atomic mass is 10.2. The highest BCUT2D eigenvalue weighted by molar-refractivity contribution is 7.95. The first kappa shape index (κ1) is 12.6. The number of fused-ring (bicyclic) bond motifs is 1. The lowest BCUT2D eigenvalue weighted by Crippen LogP contribution is -2.09. The van der Waals surface area contributed by atoms with Gasteiger partial charge in [-0.1, -0.05) is 17.7 Å². The summed E-state index contributed by atoms with van der Waals surface area (Å²) in [5.41, 5.74) is 0.744. The fourth-order valence-corrected chi connectivity index (χ4v) is 3.83. The number of benzene rings is 1. The molecule has 0 atom stereocenters. The van der Waals surface area contributed by atoms with Gasteiger partial charge in [0.15, 0.2) is 0 Å². The van der Waals surface area contributed by atoms with E-state index in [0.29, 0.717) is 21.2 Å². The van der Waals surface area contributed by atoms with E-state index in [1.54, 1.807) is 18.2 Å². The monoisotopic (exact) mass is 271 g/mol. The van der Waals surface area contributed by atoms with Crippen LogP contribution in [-0.2, 0) is 9.84 Å². The zero-order valence-electron chi connectivity index (χ0n) is 9.53. The summed E-state index contributed by atoms with van der Waals surface area (Å²) in [5.74, 6) is 0. The molecule has 1 aromatic rings. The van der Waals surface area contributed by atoms with E-state index in [4.69, 9.17) is 11.6 Å². The number of nitrogens with one attached hydrogen (secondary N) is 1. The van der Waals surface area contributed by atoms with Crippen molar-refractivity contribution in [2.45, 2.75) is 17.7 Å². The van der Waals surface area contributed by atoms with E-state index in [2.05, 4.69) is 5.32 Å². The van der Waals surface area contributed by atoms with Crippen molar-refractivity contribution in [1.82, 2.24) is 5.32 Å². The Hall–Kier alpha value is -0.840. The van der Waals surface area contributed by atoms with E-state index in [1.165, 1.54) is 6.07 Å². The van der Waals surface area contributed by atoms with E-state index in [-0.39, 0.29) is 0 Å². The number of sulfone groups is 1. The van der Waals surface area contributed by atoms with Crippen molar-refractivity contribution >= 4 is 27.5 Å². The molecule has 0 aromatic heterocycles. The second-order valence-corrected chi connectivity index (χ2v) is 6.41. The van der Waals surface area contributed by atoms with Crippen LogP contribution < -0.4 is 5.32 Å². The molecule has 0 radical (unpaired) electrons. The highest BCUT2D eigenvalue weighted by Crippen LogP contribution is 2.36. The van der Waals surface area contributed by atoms with Crippen LogP contribution in [-0.4, -0.2) is 22.0 Å². The molecule has 0 aliphatic carbocycles. The fraction of sp³-hybridized carbons (Fsp3) is 0.333. The molecule has 1 aromatic carbocycles. The van der Waals surface area contributed by atoms with Gasteiger partial charge in [0.05, 0.1) is 4.90 Å². The van der Waals surface area contributed by atoms with E-state index >= 15 is 0 Å². The zero-order valence-corrected chi connectivity index (χ0v) is 11.1. The molecule has 0 saturated carbocycles. The summed E-state index contributed by atoms with van der Waals surface area (Å²) in [5, 5.41) is 3.46. The fourth-order valence-electron chi connectivity index (χ4n) is 1.90. The second kappa shape index (κ2) is 4.80. The Morgan fingerprint density at radius 2 is 2.12 bits per heavy atom. The smallest absolute Gasteiger partial charge is 0.203 e. The summed E-state index contributed by atoms with van der Waals surface area (Å²) < 4.78 is 24.4. The Kier molecular flexibility index (Phi) is 3.56. The lowest BCUT2D eigenvalue weighted by Gasteiger charge is -2.03. The summed E-state index contributed by atoms with van der Waals surface area (Å²) in [4.78, 5) is 0.828. The summed E-state index contributed by atoms with van der Waals surface area (Å²) in [6, 6.07) is 4.98. The molecule has 1 aliphatic rings. The van der Waals surface area contributed by atoms with Crippen LogP contribution >= 0.6 is 11.6 Å². The third-order valence-corrected chi connectivity index (χ3v) is 4.96. The second-order valence-electron chi connectivity index (χ2n) is 4.00. The van der Waals surface area contributed by atoms with Gasteiger partial charge in [0.25, 0.3) is 0 Å². The van der Waals surface area contributed by atoms with E-state index in [0.717, 1.165) is 18.5 Å². The molecule has 0 amide bonds. The van der Waals surface area contributed by atoms with Crippen molar-refractivity contribution in [1.29, 1.82) is 0 Å². The molecule has 92 valence electrons. The van der Waals surface area contributed by atoms with Gasteiger partial charge < -0.3 is 5.32 Å². The molecule has 0 saturated heterocycles. The zero-order chi connectivity index (χ0) is 12.5. The van der Waals surface area contributed by atoms with Gasteiger partial charge in [-0.05, 0) is 50.2 Å². The number of hydrogen-bond donors (Lipinski definition) is 1. The molecule has 0 unspecified atom stereocenters. The molecule has 17 heavy (non-hydrogen) atoms. The first-order valence-corrected chi connectivity index (χ1v) is 7.31. The predicted molar refractivity (Wildman–Crippen MR) is 69.8 cm³/mol. The molecule has 0 bridgehead atoms. The molecule has 1 aliphatic heterocycles. The van der Waals surface area contributed by atoms with Crippen LogP contribution in [0.15, 0.2) is 28.0 Å². The maximum atomic E-state index is 12.2. The van der Waals surface area contributed by atoms with Gasteiger partial charge in [-0.2, -0.15) is 0 Å². The van der Waals surface area contributed by atoms with Gasteiger partial charge in [0.1, 0.15) is 0 Å². The van der Waals surface area contributed by atoms with Crippen molar-refractivity contribution in [2.24, 2.45) is 0 Å². The number of halogens is 1. The number of allylic oxidation sites excluding steroid dienone is 1. The highest BCUT2D eigenvalue weighted by atomic mass is 35.5. The van der Waals surface area contributed by atoms with Gasteiger partial charge >= 0.3 is 0 Å². The van der Waals surface area contributed by atoms with Gasteiger partial charge in [0.2, 0.25) is 9.84 Å². The molecular formula is C12H14ClNO2S. The Balaban J connectivity index is 2.30. The molecule has 0 spiro atoms. The molecule has 2 rings (SSSR count). The summed E-state index contributed by atoms with van der Waals surface area (Å²) in [7, 11) is -1.45. The number of hydrogen-bond acceptors (Lipinski definition) is 3. The third kappa shape index (κ3) is 2.39. The predicted octanol–water partition coefficient (Wildman–Crippen LogP) is 2.47. The Morgan fingerprint density at radius 3 is 2.82 bits per heavy atom. The molecule has 1 N–H and O–H groups in total. The molecule has 0 fully saturated rings.